The van der Waals surface area contributed by atoms with Gasteiger partial charge < -0.3 is 5.11 Å². The standard InChI is InChI=1S/2C7H7.C5H5.C3H8O.Hf/c2*1-7-5-3-2-4-6-7;1-2-4-5-3-1;1-3(2)4;/h2*2-6H,1H2;1-3H,4H2;3-4H,1-2H3;/q3*-1;;. The van der Waals surface area contributed by atoms with Crippen LogP contribution in [0.3, 0.4) is 0 Å². The van der Waals surface area contributed by atoms with Gasteiger partial charge >= 0.3 is 0 Å². The van der Waals surface area contributed by atoms with E-state index in [9.17, 15) is 0 Å². The third-order valence-electron chi connectivity index (χ3n) is 2.27. The monoisotopic (exact) mass is 487 g/mol. The second-order valence-electron chi connectivity index (χ2n) is 5.07. The van der Waals surface area contributed by atoms with Gasteiger partial charge in [-0.15, -0.1) is 30.7 Å². The molecule has 0 unspecified atom stereocenters. The van der Waals surface area contributed by atoms with E-state index in [0.717, 1.165) is 17.5 Å². The van der Waals surface area contributed by atoms with E-state index in [1.807, 2.05) is 72.8 Å². The van der Waals surface area contributed by atoms with Gasteiger partial charge in [-0.05, 0) is 13.8 Å². The number of rotatable bonds is 0. The van der Waals surface area contributed by atoms with E-state index >= 15 is 0 Å². The molecule has 1 aliphatic carbocycles. The molecule has 128 valence electrons. The van der Waals surface area contributed by atoms with Gasteiger partial charge in [0.2, 0.25) is 0 Å². The molecule has 1 N–H and O–H groups in total. The molecule has 2 aromatic rings. The molecular weight excluding hydrogens is 459 g/mol. The van der Waals surface area contributed by atoms with Crippen LogP contribution >= 0.6 is 0 Å². The van der Waals surface area contributed by atoms with Gasteiger partial charge in [-0.1, -0.05) is 12.1 Å². The molecule has 0 heterocycles. The second-order valence-corrected chi connectivity index (χ2v) is 5.07. The van der Waals surface area contributed by atoms with Crippen LogP contribution in [0.25, 0.3) is 0 Å². The maximum atomic E-state index is 8.06. The molecule has 0 amide bonds. The average molecular weight is 486 g/mol. The van der Waals surface area contributed by atoms with E-state index in [1.54, 1.807) is 13.8 Å². The first-order valence-corrected chi connectivity index (χ1v) is 7.66. The van der Waals surface area contributed by atoms with Crippen molar-refractivity contribution >= 4 is 0 Å². The summed E-state index contributed by atoms with van der Waals surface area (Å²) in [6.07, 6.45) is 9.83. The van der Waals surface area contributed by atoms with E-state index in [1.165, 1.54) is 0 Å². The fraction of sp³-hybridized carbons (Fsp3) is 0.182. The molecule has 0 fully saturated rings. The van der Waals surface area contributed by atoms with Crippen molar-refractivity contribution < 1.29 is 30.9 Å². The maximum Gasteiger partial charge on any atom is 0.0483 e. The SMILES string of the molecule is CC(C)O.[C-]1=CC=CC1.[CH2-]c1ccccc1.[CH2-]c1ccccc1.[Hf]. The van der Waals surface area contributed by atoms with Crippen LogP contribution in [0.15, 0.2) is 78.9 Å². The summed E-state index contributed by atoms with van der Waals surface area (Å²) in [5.41, 5.74) is 2.14. The van der Waals surface area contributed by atoms with Crippen LogP contribution in [0.5, 0.6) is 0 Å². The minimum Gasteiger partial charge on any atom is -0.394 e. The smallest absolute Gasteiger partial charge is 0.0483 e. The van der Waals surface area contributed by atoms with Crippen LogP contribution in [0.1, 0.15) is 31.4 Å². The molecule has 3 rings (SSSR count). The second kappa shape index (κ2) is 17.8. The van der Waals surface area contributed by atoms with E-state index in [-0.39, 0.29) is 31.9 Å². The van der Waals surface area contributed by atoms with Crippen LogP contribution in [0.4, 0.5) is 0 Å². The zero-order valence-corrected chi connectivity index (χ0v) is 18.2. The van der Waals surface area contributed by atoms with Gasteiger partial charge in [-0.2, -0.15) is 55.3 Å². The zero-order valence-electron chi connectivity index (χ0n) is 14.7. The molecule has 2 aromatic carbocycles. The van der Waals surface area contributed by atoms with Crippen LogP contribution in [-0.4, -0.2) is 11.2 Å². The first kappa shape index (κ1) is 24.7. The van der Waals surface area contributed by atoms with Crippen molar-refractivity contribution in [3.05, 3.63) is 110 Å². The van der Waals surface area contributed by atoms with Crippen molar-refractivity contribution in [2.45, 2.75) is 26.4 Å². The summed E-state index contributed by atoms with van der Waals surface area (Å²) in [5.74, 6) is 0. The van der Waals surface area contributed by atoms with Crippen molar-refractivity contribution in [1.82, 2.24) is 0 Å². The molecule has 0 bridgehead atoms. The molecule has 2 heteroatoms. The first-order chi connectivity index (χ1) is 11.0. The van der Waals surface area contributed by atoms with Gasteiger partial charge in [-0.3, -0.25) is 6.08 Å². The average Bonchev–Trinajstić information content (AvgIpc) is 3.08. The molecule has 24 heavy (non-hydrogen) atoms. The predicted octanol–water partition coefficient (Wildman–Crippen LogP) is 5.43. The van der Waals surface area contributed by atoms with E-state index in [4.69, 9.17) is 5.11 Å². The summed E-state index contributed by atoms with van der Waals surface area (Å²) in [4.78, 5) is 0. The van der Waals surface area contributed by atoms with Crippen molar-refractivity contribution in [2.75, 3.05) is 0 Å². The van der Waals surface area contributed by atoms with Gasteiger partial charge in [0.25, 0.3) is 0 Å². The Labute approximate surface area is 166 Å². The summed E-state index contributed by atoms with van der Waals surface area (Å²) in [6.45, 7) is 10.9. The first-order valence-electron chi connectivity index (χ1n) is 7.66. The minimum absolute atomic E-state index is 0. The number of aliphatic hydroxyl groups is 1. The summed E-state index contributed by atoms with van der Waals surface area (Å²) in [6, 6.07) is 19.7. The van der Waals surface area contributed by atoms with Gasteiger partial charge in [0, 0.05) is 31.9 Å². The van der Waals surface area contributed by atoms with Crippen molar-refractivity contribution in [3.63, 3.8) is 0 Å². The van der Waals surface area contributed by atoms with Crippen LogP contribution < -0.4 is 0 Å². The Morgan fingerprint density at radius 1 is 0.875 bits per heavy atom. The van der Waals surface area contributed by atoms with E-state index < -0.39 is 0 Å². The molecule has 0 radical (unpaired) electrons. The largest absolute Gasteiger partial charge is 0.394 e. The maximum absolute atomic E-state index is 8.06. The topological polar surface area (TPSA) is 20.2 Å². The molecular formula is C22H27HfO-3. The van der Waals surface area contributed by atoms with Crippen LogP contribution in [0.2, 0.25) is 0 Å². The third kappa shape index (κ3) is 20.5. The summed E-state index contributed by atoms with van der Waals surface area (Å²) in [7, 11) is 0. The minimum atomic E-state index is -0.167. The number of aliphatic hydroxyl groups excluding tert-OH is 1. The third-order valence-corrected chi connectivity index (χ3v) is 2.27. The molecule has 0 spiro atoms. The Hall–Kier alpha value is -1.51. The number of allylic oxidation sites excluding steroid dienone is 4. The summed E-state index contributed by atoms with van der Waals surface area (Å²) < 4.78 is 0. The van der Waals surface area contributed by atoms with Crippen molar-refractivity contribution in [3.8, 4) is 0 Å². The van der Waals surface area contributed by atoms with Gasteiger partial charge in [0.05, 0.1) is 0 Å². The van der Waals surface area contributed by atoms with Crippen molar-refractivity contribution in [2.24, 2.45) is 0 Å². The zero-order chi connectivity index (χ0) is 17.3. The Morgan fingerprint density at radius 3 is 1.38 bits per heavy atom. The Morgan fingerprint density at radius 2 is 1.25 bits per heavy atom. The van der Waals surface area contributed by atoms with Gasteiger partial charge in [0.15, 0.2) is 0 Å². The number of benzene rings is 2. The number of hydrogen-bond donors (Lipinski definition) is 1. The van der Waals surface area contributed by atoms with E-state index in [0.29, 0.717) is 0 Å². The van der Waals surface area contributed by atoms with Gasteiger partial charge in [0.1, 0.15) is 0 Å². The molecule has 0 atom stereocenters. The molecule has 0 saturated carbocycles. The molecule has 0 aliphatic heterocycles. The molecule has 0 saturated heterocycles. The fourth-order valence-corrected chi connectivity index (χ4v) is 1.30. The predicted molar refractivity (Wildman–Crippen MR) is 101 cm³/mol. The quantitative estimate of drug-likeness (QED) is 0.390. The number of hydrogen-bond acceptors (Lipinski definition) is 1. The molecule has 0 aromatic heterocycles. The molecule has 1 aliphatic rings. The Balaban J connectivity index is 0. The summed E-state index contributed by atoms with van der Waals surface area (Å²) >= 11 is 0. The van der Waals surface area contributed by atoms with Crippen LogP contribution in [0, 0.1) is 19.9 Å². The Bertz CT molecular complexity index is 480. The normalized spacial score (nSPS) is 10.2. The van der Waals surface area contributed by atoms with Crippen molar-refractivity contribution in [1.29, 1.82) is 0 Å². The Kier molecular flexibility index (Phi) is 18.4. The fourth-order valence-electron chi connectivity index (χ4n) is 1.30. The molecule has 1 nitrogen and oxygen atoms in total. The van der Waals surface area contributed by atoms with Crippen LogP contribution in [-0.2, 0) is 25.8 Å². The summed E-state index contributed by atoms with van der Waals surface area (Å²) in [5, 5.41) is 8.06. The van der Waals surface area contributed by atoms with E-state index in [2.05, 4.69) is 26.0 Å². The van der Waals surface area contributed by atoms with Gasteiger partial charge in [-0.25, -0.2) is 12.2 Å².